The molecular weight excluding hydrogens is 942 g/mol. The highest BCUT2D eigenvalue weighted by Crippen LogP contribution is 2.58. The molecule has 3 nitrogen and oxygen atoms in total. The van der Waals surface area contributed by atoms with Crippen LogP contribution in [0.4, 0.5) is 11.4 Å². The zero-order chi connectivity index (χ0) is 53.3. The molecule has 0 N–H and O–H groups in total. The number of para-hydroxylation sites is 1. The van der Waals surface area contributed by atoms with E-state index < -0.39 is 0 Å². The van der Waals surface area contributed by atoms with Crippen molar-refractivity contribution in [2.75, 3.05) is 4.81 Å². The van der Waals surface area contributed by atoms with Crippen molar-refractivity contribution in [2.45, 2.75) is 116 Å². The summed E-state index contributed by atoms with van der Waals surface area (Å²) < 4.78 is 5.20. The predicted molar refractivity (Wildman–Crippen MR) is 331 cm³/mol. The maximum absolute atomic E-state index is 2.76. The normalized spacial score (nSPS) is 17.2. The van der Waals surface area contributed by atoms with Crippen molar-refractivity contribution >= 4 is 61.9 Å². The molecule has 5 aliphatic rings. The van der Waals surface area contributed by atoms with E-state index in [1.807, 2.05) is 0 Å². The summed E-state index contributed by atoms with van der Waals surface area (Å²) in [6.45, 7) is 26.6. The maximum atomic E-state index is 2.76. The molecule has 11 aromatic rings. The first-order valence-corrected chi connectivity index (χ1v) is 28.7. The molecule has 2 aliphatic heterocycles. The van der Waals surface area contributed by atoms with Gasteiger partial charge in [-0.25, -0.2) is 0 Å². The summed E-state index contributed by atoms with van der Waals surface area (Å²) in [6.07, 6.45) is 2.39. The third-order valence-corrected chi connectivity index (χ3v) is 20.1. The largest absolute Gasteiger partial charge is 0.376 e. The molecule has 0 saturated carbocycles. The third kappa shape index (κ3) is 5.96. The molecule has 2 aromatic heterocycles. The quantitative estimate of drug-likeness (QED) is 0.161. The Morgan fingerprint density at radius 3 is 1.77 bits per heavy atom. The summed E-state index contributed by atoms with van der Waals surface area (Å²) in [5, 5.41) is 3.85. The lowest BCUT2D eigenvalue weighted by atomic mass is 9.44. The van der Waals surface area contributed by atoms with Crippen LogP contribution in [0.2, 0.25) is 0 Å². The molecule has 9 aromatic carbocycles. The fraction of sp³-hybridized carbons (Fsp3) is 0.243. The summed E-state index contributed by atoms with van der Waals surface area (Å²) in [5.41, 5.74) is 31.9. The van der Waals surface area contributed by atoms with Crippen molar-refractivity contribution < 1.29 is 0 Å². The molecule has 0 radical (unpaired) electrons. The zero-order valence-electron chi connectivity index (χ0n) is 47.1. The molecule has 78 heavy (non-hydrogen) atoms. The van der Waals surface area contributed by atoms with Crippen LogP contribution < -0.4 is 15.7 Å². The van der Waals surface area contributed by atoms with Crippen molar-refractivity contribution in [3.05, 3.63) is 215 Å². The monoisotopic (exact) mass is 1010 g/mol. The highest BCUT2D eigenvalue weighted by atomic mass is 15.1. The van der Waals surface area contributed by atoms with Crippen LogP contribution in [0, 0.1) is 0 Å². The fourth-order valence-electron chi connectivity index (χ4n) is 15.7. The van der Waals surface area contributed by atoms with Crippen LogP contribution in [0.15, 0.2) is 176 Å². The highest BCUT2D eigenvalue weighted by molar-refractivity contribution is 6.94. The Kier molecular flexibility index (Phi) is 8.93. The number of aromatic nitrogens is 2. The van der Waals surface area contributed by atoms with Gasteiger partial charge in [-0.2, -0.15) is 0 Å². The Balaban J connectivity index is 1.05. The predicted octanol–water partition coefficient (Wildman–Crippen LogP) is 17.9. The number of benzene rings is 9. The minimum atomic E-state index is -0.192. The van der Waals surface area contributed by atoms with Crippen LogP contribution in [-0.4, -0.2) is 16.0 Å². The molecule has 380 valence electrons. The molecule has 0 saturated heterocycles. The van der Waals surface area contributed by atoms with Crippen molar-refractivity contribution in [3.8, 4) is 56.0 Å². The standard InChI is InChI=1S/C74H66BN3/c1-70(2,3)45-26-28-47(29-27-45)78-66-39-53-52-37-60-61(72(6,7)33-32-71(60,4)5)40-58(52)74(10,11)57(53)38-55(66)49-30-31-50-54-36-51-48-24-18-19-25-56(48)73(8,9)59(51)41-65(54)77-67-42-64-44(34-62(67)75(78)68(49)69(50)77)35-63(43-20-14-12-15-21-43)76(64)46-22-16-13-17-23-46/h12-31,34-42H,32-33H2,1-11H3. The van der Waals surface area contributed by atoms with Gasteiger partial charge in [0.2, 0.25) is 0 Å². The lowest BCUT2D eigenvalue weighted by Gasteiger charge is -2.42. The number of nitrogens with zero attached hydrogens (tertiary/aromatic N) is 3. The van der Waals surface area contributed by atoms with Gasteiger partial charge < -0.3 is 13.9 Å². The molecule has 0 amide bonds. The average Bonchev–Trinajstić information content (AvgIpc) is 4.27. The molecule has 0 spiro atoms. The van der Waals surface area contributed by atoms with E-state index in [-0.39, 0.29) is 33.9 Å². The number of hydrogen-bond acceptors (Lipinski definition) is 1. The van der Waals surface area contributed by atoms with Crippen molar-refractivity contribution in [2.24, 2.45) is 0 Å². The van der Waals surface area contributed by atoms with E-state index in [2.05, 4.69) is 266 Å². The Morgan fingerprint density at radius 2 is 1.04 bits per heavy atom. The van der Waals surface area contributed by atoms with Gasteiger partial charge in [0.1, 0.15) is 0 Å². The molecule has 0 unspecified atom stereocenters. The van der Waals surface area contributed by atoms with Gasteiger partial charge in [0.25, 0.3) is 0 Å². The van der Waals surface area contributed by atoms with Gasteiger partial charge in [-0.3, -0.25) is 0 Å². The number of hydrogen-bond donors (Lipinski definition) is 0. The summed E-state index contributed by atoms with van der Waals surface area (Å²) in [5.74, 6) is 0. The smallest absolute Gasteiger partial charge is 0.333 e. The Labute approximate surface area is 460 Å². The molecule has 16 rings (SSSR count). The van der Waals surface area contributed by atoms with Crippen molar-refractivity contribution in [3.63, 3.8) is 0 Å². The maximum Gasteiger partial charge on any atom is 0.333 e. The fourth-order valence-corrected chi connectivity index (χ4v) is 15.7. The molecule has 0 fully saturated rings. The van der Waals surface area contributed by atoms with Gasteiger partial charge >= 0.3 is 6.85 Å². The molecular formula is C74H66BN3. The first-order chi connectivity index (χ1) is 37.3. The van der Waals surface area contributed by atoms with Crippen LogP contribution in [0.5, 0.6) is 0 Å². The van der Waals surface area contributed by atoms with E-state index in [0.29, 0.717) is 0 Å². The molecule has 3 aliphatic carbocycles. The molecule has 0 bridgehead atoms. The SMILES string of the molecule is CC(C)(C)c1ccc(N2B3c4cc5cc(-c6ccccc6)n(-c6ccccc6)c5cc4-n4c5cc6c(cc5c5ccc(c3c54)-c3cc4c(cc32)-c2cc3c(cc2C4(C)C)C(C)(C)CCC3(C)C)-c2ccccc2C6(C)C)cc1. The highest BCUT2D eigenvalue weighted by Gasteiger charge is 2.48. The van der Waals surface area contributed by atoms with E-state index in [1.165, 1.54) is 157 Å². The van der Waals surface area contributed by atoms with Crippen LogP contribution in [-0.2, 0) is 27.1 Å². The zero-order valence-corrected chi connectivity index (χ0v) is 47.1. The average molecular weight is 1010 g/mol. The van der Waals surface area contributed by atoms with Crippen LogP contribution in [0.1, 0.15) is 128 Å². The lowest BCUT2D eigenvalue weighted by molar-refractivity contribution is 0.331. The Morgan fingerprint density at radius 1 is 0.423 bits per heavy atom. The molecule has 0 atom stereocenters. The van der Waals surface area contributed by atoms with Gasteiger partial charge in [-0.1, -0.05) is 185 Å². The minimum absolute atomic E-state index is 0.0103. The summed E-state index contributed by atoms with van der Waals surface area (Å²) >= 11 is 0. The second-order valence-corrected chi connectivity index (χ2v) is 27.2. The second kappa shape index (κ2) is 15.1. The third-order valence-electron chi connectivity index (χ3n) is 20.1. The van der Waals surface area contributed by atoms with Crippen molar-refractivity contribution in [1.82, 2.24) is 9.13 Å². The van der Waals surface area contributed by atoms with E-state index in [1.54, 1.807) is 0 Å². The molecule has 4 heteroatoms. The summed E-state index contributed by atoms with van der Waals surface area (Å²) in [4.78, 5) is 2.76. The van der Waals surface area contributed by atoms with Gasteiger partial charge in [-0.15, -0.1) is 0 Å². The van der Waals surface area contributed by atoms with E-state index in [4.69, 9.17) is 0 Å². The van der Waals surface area contributed by atoms with Gasteiger partial charge in [0.05, 0.1) is 22.2 Å². The van der Waals surface area contributed by atoms with Crippen LogP contribution in [0.3, 0.4) is 0 Å². The van der Waals surface area contributed by atoms with Crippen LogP contribution in [0.25, 0.3) is 88.7 Å². The number of anilines is 2. The number of rotatable bonds is 3. The minimum Gasteiger partial charge on any atom is -0.376 e. The van der Waals surface area contributed by atoms with Crippen LogP contribution >= 0.6 is 0 Å². The lowest BCUT2D eigenvalue weighted by Crippen LogP contribution is -2.60. The second-order valence-electron chi connectivity index (χ2n) is 27.2. The number of fused-ring (bicyclic) bond motifs is 16. The van der Waals surface area contributed by atoms with E-state index >= 15 is 0 Å². The summed E-state index contributed by atoms with van der Waals surface area (Å²) in [6, 6.07) is 68.9. The summed E-state index contributed by atoms with van der Waals surface area (Å²) in [7, 11) is 0. The Bertz CT molecular complexity index is 4460. The first-order valence-electron chi connectivity index (χ1n) is 28.7. The van der Waals surface area contributed by atoms with Gasteiger partial charge in [0.15, 0.2) is 0 Å². The van der Waals surface area contributed by atoms with E-state index in [0.717, 1.165) is 5.69 Å². The van der Waals surface area contributed by atoms with Crippen molar-refractivity contribution in [1.29, 1.82) is 0 Å². The Hall–Kier alpha value is -7.82. The van der Waals surface area contributed by atoms with Gasteiger partial charge in [0, 0.05) is 55.3 Å². The first kappa shape index (κ1) is 46.3. The molecule has 4 heterocycles. The topological polar surface area (TPSA) is 13.1 Å². The van der Waals surface area contributed by atoms with E-state index in [9.17, 15) is 0 Å². The van der Waals surface area contributed by atoms with Gasteiger partial charge in [-0.05, 0) is 179 Å².